The van der Waals surface area contributed by atoms with E-state index in [4.69, 9.17) is 14.2 Å². The highest BCUT2D eigenvalue weighted by Gasteiger charge is 2.04. The molecule has 0 aliphatic rings. The van der Waals surface area contributed by atoms with E-state index in [1.54, 1.807) is 14.2 Å². The Balaban J connectivity index is 2.04. The second-order valence-corrected chi connectivity index (χ2v) is 4.50. The topological polar surface area (TPSA) is 39.7 Å². The summed E-state index contributed by atoms with van der Waals surface area (Å²) in [5.41, 5.74) is 2.08. The van der Waals surface area contributed by atoms with Crippen molar-refractivity contribution in [3.05, 3.63) is 48.0 Å². The molecule has 112 valence electrons. The standard InChI is InChI=1S/C17H21NO3/c1-4-21-14-7-5-13(6-8-14)12-18-16-11-15(19-2)9-10-17(16)20-3/h5-11,18H,4,12H2,1-3H3. The van der Waals surface area contributed by atoms with Gasteiger partial charge in [0.1, 0.15) is 17.2 Å². The van der Waals surface area contributed by atoms with E-state index in [-0.39, 0.29) is 0 Å². The van der Waals surface area contributed by atoms with Crippen molar-refractivity contribution in [2.75, 3.05) is 26.1 Å². The van der Waals surface area contributed by atoms with E-state index in [1.165, 1.54) is 5.56 Å². The van der Waals surface area contributed by atoms with Crippen molar-refractivity contribution in [3.63, 3.8) is 0 Å². The van der Waals surface area contributed by atoms with Gasteiger partial charge in [-0.25, -0.2) is 0 Å². The van der Waals surface area contributed by atoms with Crippen LogP contribution in [0.25, 0.3) is 0 Å². The average Bonchev–Trinajstić information content (AvgIpc) is 2.54. The lowest BCUT2D eigenvalue weighted by atomic mass is 10.2. The Morgan fingerprint density at radius 1 is 0.905 bits per heavy atom. The molecule has 0 radical (unpaired) electrons. The molecule has 4 nitrogen and oxygen atoms in total. The lowest BCUT2D eigenvalue weighted by molar-refractivity contribution is 0.340. The van der Waals surface area contributed by atoms with Gasteiger partial charge in [-0.15, -0.1) is 0 Å². The summed E-state index contributed by atoms with van der Waals surface area (Å²) in [6.45, 7) is 3.36. The summed E-state index contributed by atoms with van der Waals surface area (Å²) in [4.78, 5) is 0. The highest BCUT2D eigenvalue weighted by Crippen LogP contribution is 2.29. The van der Waals surface area contributed by atoms with Crippen molar-refractivity contribution in [1.29, 1.82) is 0 Å². The summed E-state index contributed by atoms with van der Waals surface area (Å²) >= 11 is 0. The molecule has 0 saturated heterocycles. The van der Waals surface area contributed by atoms with Crippen LogP contribution in [0, 0.1) is 0 Å². The fourth-order valence-corrected chi connectivity index (χ4v) is 2.02. The monoisotopic (exact) mass is 287 g/mol. The molecule has 2 aromatic carbocycles. The lowest BCUT2D eigenvalue weighted by Crippen LogP contribution is -2.02. The van der Waals surface area contributed by atoms with Crippen molar-refractivity contribution in [1.82, 2.24) is 0 Å². The van der Waals surface area contributed by atoms with Crippen LogP contribution in [0.5, 0.6) is 17.2 Å². The van der Waals surface area contributed by atoms with E-state index in [0.29, 0.717) is 13.2 Å². The molecule has 2 rings (SSSR count). The highest BCUT2D eigenvalue weighted by atomic mass is 16.5. The van der Waals surface area contributed by atoms with Crippen LogP contribution in [-0.4, -0.2) is 20.8 Å². The average molecular weight is 287 g/mol. The molecular formula is C17H21NO3. The molecule has 0 fully saturated rings. The number of hydrogen-bond acceptors (Lipinski definition) is 4. The number of anilines is 1. The summed E-state index contributed by atoms with van der Waals surface area (Å²) in [7, 11) is 3.31. The second kappa shape index (κ2) is 7.43. The summed E-state index contributed by atoms with van der Waals surface area (Å²) in [5.74, 6) is 2.48. The van der Waals surface area contributed by atoms with Gasteiger partial charge in [-0.05, 0) is 36.8 Å². The molecule has 2 aromatic rings. The van der Waals surface area contributed by atoms with Gasteiger partial charge in [0.05, 0.1) is 26.5 Å². The van der Waals surface area contributed by atoms with Crippen LogP contribution >= 0.6 is 0 Å². The predicted molar refractivity (Wildman–Crippen MR) is 84.5 cm³/mol. The van der Waals surface area contributed by atoms with Crippen molar-refractivity contribution in [2.24, 2.45) is 0 Å². The van der Waals surface area contributed by atoms with E-state index in [2.05, 4.69) is 5.32 Å². The van der Waals surface area contributed by atoms with E-state index >= 15 is 0 Å². The maximum atomic E-state index is 5.43. The number of nitrogens with one attached hydrogen (secondary N) is 1. The molecule has 4 heteroatoms. The summed E-state index contributed by atoms with van der Waals surface area (Å²) < 4.78 is 16.0. The van der Waals surface area contributed by atoms with Crippen LogP contribution in [-0.2, 0) is 6.54 Å². The molecule has 0 spiro atoms. The third kappa shape index (κ3) is 4.05. The van der Waals surface area contributed by atoms with Gasteiger partial charge in [0.25, 0.3) is 0 Å². The van der Waals surface area contributed by atoms with E-state index in [9.17, 15) is 0 Å². The van der Waals surface area contributed by atoms with Crippen molar-refractivity contribution >= 4 is 5.69 Å². The molecular weight excluding hydrogens is 266 g/mol. The molecule has 1 N–H and O–H groups in total. The van der Waals surface area contributed by atoms with Gasteiger partial charge >= 0.3 is 0 Å². The number of rotatable bonds is 7. The number of ether oxygens (including phenoxy) is 3. The molecule has 0 bridgehead atoms. The van der Waals surface area contributed by atoms with Gasteiger partial charge < -0.3 is 19.5 Å². The summed E-state index contributed by atoms with van der Waals surface area (Å²) in [6.07, 6.45) is 0. The van der Waals surface area contributed by atoms with Crippen LogP contribution < -0.4 is 19.5 Å². The zero-order valence-electron chi connectivity index (χ0n) is 12.7. The molecule has 0 aliphatic heterocycles. The number of benzene rings is 2. The first-order valence-corrected chi connectivity index (χ1v) is 6.94. The van der Waals surface area contributed by atoms with Gasteiger partial charge in [0, 0.05) is 12.6 Å². The highest BCUT2D eigenvalue weighted by molar-refractivity contribution is 5.60. The summed E-state index contributed by atoms with van der Waals surface area (Å²) in [6, 6.07) is 13.7. The minimum atomic E-state index is 0.679. The Kier molecular flexibility index (Phi) is 5.32. The minimum Gasteiger partial charge on any atom is -0.497 e. The molecule has 21 heavy (non-hydrogen) atoms. The van der Waals surface area contributed by atoms with Crippen LogP contribution in [0.15, 0.2) is 42.5 Å². The van der Waals surface area contributed by atoms with Gasteiger partial charge in [-0.2, -0.15) is 0 Å². The van der Waals surface area contributed by atoms with Gasteiger partial charge in [-0.1, -0.05) is 12.1 Å². The Morgan fingerprint density at radius 2 is 1.62 bits per heavy atom. The Labute approximate surface area is 125 Å². The third-order valence-electron chi connectivity index (χ3n) is 3.12. The quantitative estimate of drug-likeness (QED) is 0.842. The zero-order chi connectivity index (χ0) is 15.1. The van der Waals surface area contributed by atoms with Gasteiger partial charge in [-0.3, -0.25) is 0 Å². The van der Waals surface area contributed by atoms with Crippen molar-refractivity contribution in [2.45, 2.75) is 13.5 Å². The first kappa shape index (κ1) is 15.0. The van der Waals surface area contributed by atoms with Crippen LogP contribution in [0.3, 0.4) is 0 Å². The Bertz CT molecular complexity index is 567. The van der Waals surface area contributed by atoms with Crippen molar-refractivity contribution in [3.8, 4) is 17.2 Å². The first-order valence-electron chi connectivity index (χ1n) is 6.94. The van der Waals surface area contributed by atoms with Crippen LogP contribution in [0.4, 0.5) is 5.69 Å². The SMILES string of the molecule is CCOc1ccc(CNc2cc(OC)ccc2OC)cc1. The normalized spacial score (nSPS) is 10.0. The largest absolute Gasteiger partial charge is 0.497 e. The first-order chi connectivity index (χ1) is 10.3. The third-order valence-corrected chi connectivity index (χ3v) is 3.12. The van der Waals surface area contributed by atoms with Crippen LogP contribution in [0.1, 0.15) is 12.5 Å². The molecule has 0 saturated carbocycles. The predicted octanol–water partition coefficient (Wildman–Crippen LogP) is 3.71. The lowest BCUT2D eigenvalue weighted by Gasteiger charge is -2.13. The fourth-order valence-electron chi connectivity index (χ4n) is 2.02. The molecule has 0 unspecified atom stereocenters. The number of hydrogen-bond donors (Lipinski definition) is 1. The Morgan fingerprint density at radius 3 is 2.24 bits per heavy atom. The van der Waals surface area contributed by atoms with Crippen LogP contribution in [0.2, 0.25) is 0 Å². The summed E-state index contributed by atoms with van der Waals surface area (Å²) in [5, 5.41) is 3.36. The maximum Gasteiger partial charge on any atom is 0.142 e. The fraction of sp³-hybridized carbons (Fsp3) is 0.294. The minimum absolute atomic E-state index is 0.679. The molecule has 0 amide bonds. The van der Waals surface area contributed by atoms with Gasteiger partial charge in [0.2, 0.25) is 0 Å². The number of methoxy groups -OCH3 is 2. The van der Waals surface area contributed by atoms with E-state index in [1.807, 2.05) is 49.4 Å². The molecule has 0 heterocycles. The van der Waals surface area contributed by atoms with Gasteiger partial charge in [0.15, 0.2) is 0 Å². The van der Waals surface area contributed by atoms with E-state index in [0.717, 1.165) is 22.9 Å². The molecule has 0 aliphatic carbocycles. The molecule has 0 atom stereocenters. The zero-order valence-corrected chi connectivity index (χ0v) is 12.7. The second-order valence-electron chi connectivity index (χ2n) is 4.50. The molecule has 0 aromatic heterocycles. The smallest absolute Gasteiger partial charge is 0.142 e. The van der Waals surface area contributed by atoms with Crippen molar-refractivity contribution < 1.29 is 14.2 Å². The van der Waals surface area contributed by atoms with E-state index < -0.39 is 0 Å². The maximum absolute atomic E-state index is 5.43. The Hall–Kier alpha value is -2.36.